The summed E-state index contributed by atoms with van der Waals surface area (Å²) < 4.78 is 0. The van der Waals surface area contributed by atoms with E-state index in [2.05, 4.69) is 40.8 Å². The average Bonchev–Trinajstić information content (AvgIpc) is 2.29. The number of hydrogen-bond donors (Lipinski definition) is 3. The van der Waals surface area contributed by atoms with E-state index in [1.807, 2.05) is 0 Å². The van der Waals surface area contributed by atoms with Gasteiger partial charge in [0.1, 0.15) is 18.0 Å². The fourth-order valence-electron chi connectivity index (χ4n) is 1.52. The zero-order chi connectivity index (χ0) is 12.0. The summed E-state index contributed by atoms with van der Waals surface area (Å²) in [6.07, 6.45) is 4.45. The maximum absolute atomic E-state index is 5.41. The minimum absolute atomic E-state index is 0.376. The van der Waals surface area contributed by atoms with E-state index >= 15 is 0 Å². The Hall–Kier alpha value is -1.01. The summed E-state index contributed by atoms with van der Waals surface area (Å²) in [6.45, 7) is 4.19. The summed E-state index contributed by atoms with van der Waals surface area (Å²) >= 11 is 1.81. The third-order valence-electron chi connectivity index (χ3n) is 2.24. The number of hydrogen-bond acceptors (Lipinski definition) is 6. The van der Waals surface area contributed by atoms with E-state index in [4.69, 9.17) is 5.84 Å². The van der Waals surface area contributed by atoms with Crippen LogP contribution < -0.4 is 16.6 Å². The molecule has 0 saturated heterocycles. The number of aromatic nitrogens is 2. The zero-order valence-electron chi connectivity index (χ0n) is 9.95. The lowest BCUT2D eigenvalue weighted by Crippen LogP contribution is -2.21. The van der Waals surface area contributed by atoms with Crippen molar-refractivity contribution < 1.29 is 0 Å². The molecule has 0 bridgehead atoms. The van der Waals surface area contributed by atoms with Crippen molar-refractivity contribution in [2.24, 2.45) is 5.84 Å². The van der Waals surface area contributed by atoms with Crippen LogP contribution in [-0.4, -0.2) is 28.0 Å². The molecule has 0 radical (unpaired) electrons. The fraction of sp³-hybridized carbons (Fsp3) is 0.600. The van der Waals surface area contributed by atoms with Gasteiger partial charge in [-0.15, -0.1) is 0 Å². The molecule has 6 heteroatoms. The number of nitrogens with one attached hydrogen (secondary N) is 2. The van der Waals surface area contributed by atoms with Gasteiger partial charge in [0.05, 0.1) is 0 Å². The molecule has 1 unspecified atom stereocenters. The molecule has 0 aliphatic rings. The van der Waals surface area contributed by atoms with Gasteiger partial charge in [0.2, 0.25) is 0 Å². The molecular formula is C10H19N5S. The van der Waals surface area contributed by atoms with Crippen molar-refractivity contribution >= 4 is 23.4 Å². The Kier molecular flexibility index (Phi) is 5.34. The Morgan fingerprint density at radius 2 is 2.12 bits per heavy atom. The summed E-state index contributed by atoms with van der Waals surface area (Å²) in [5.74, 6) is 8.01. The van der Waals surface area contributed by atoms with Crippen LogP contribution in [0.5, 0.6) is 0 Å². The summed E-state index contributed by atoms with van der Waals surface area (Å²) in [7, 11) is 0. The predicted molar refractivity (Wildman–Crippen MR) is 70.7 cm³/mol. The quantitative estimate of drug-likeness (QED) is 0.517. The van der Waals surface area contributed by atoms with Crippen LogP contribution in [0.25, 0.3) is 0 Å². The number of hydrazine groups is 1. The van der Waals surface area contributed by atoms with Gasteiger partial charge in [-0.2, -0.15) is 11.8 Å². The second-order valence-electron chi connectivity index (χ2n) is 3.55. The molecule has 0 aliphatic carbocycles. The van der Waals surface area contributed by atoms with E-state index in [9.17, 15) is 0 Å². The molecule has 0 aromatic carbocycles. The molecule has 1 rings (SSSR count). The normalized spacial score (nSPS) is 12.2. The van der Waals surface area contributed by atoms with Crippen molar-refractivity contribution in [3.63, 3.8) is 0 Å². The molecule has 1 aromatic heterocycles. The summed E-state index contributed by atoms with van der Waals surface area (Å²) in [5.41, 5.74) is 3.62. The molecule has 0 saturated carbocycles. The first-order chi connectivity index (χ1) is 7.72. The Morgan fingerprint density at radius 3 is 2.69 bits per heavy atom. The smallest absolute Gasteiger partial charge is 0.148 e. The molecule has 1 aromatic rings. The molecule has 90 valence electrons. The third kappa shape index (κ3) is 3.24. The van der Waals surface area contributed by atoms with Crippen LogP contribution >= 0.6 is 11.8 Å². The van der Waals surface area contributed by atoms with Crippen LogP contribution in [0, 0.1) is 0 Å². The van der Waals surface area contributed by atoms with Gasteiger partial charge in [-0.1, -0.05) is 6.92 Å². The lowest BCUT2D eigenvalue weighted by atomic mass is 10.2. The number of nitrogen functional groups attached to an aromatic ring is 1. The fourth-order valence-corrected chi connectivity index (χ4v) is 2.10. The molecule has 1 atom stereocenters. The average molecular weight is 241 g/mol. The molecule has 0 fully saturated rings. The lowest BCUT2D eigenvalue weighted by Gasteiger charge is -2.17. The SMILES string of the molecule is CCc1c(NN)ncnc1NC(C)CSC. The van der Waals surface area contributed by atoms with Gasteiger partial charge < -0.3 is 10.7 Å². The van der Waals surface area contributed by atoms with Crippen molar-refractivity contribution in [2.75, 3.05) is 22.8 Å². The first kappa shape index (κ1) is 13.1. The van der Waals surface area contributed by atoms with Gasteiger partial charge in [0.15, 0.2) is 0 Å². The van der Waals surface area contributed by atoms with Crippen molar-refractivity contribution in [1.29, 1.82) is 0 Å². The topological polar surface area (TPSA) is 75.9 Å². The van der Waals surface area contributed by atoms with Crippen molar-refractivity contribution in [3.05, 3.63) is 11.9 Å². The highest BCUT2D eigenvalue weighted by atomic mass is 32.2. The molecule has 1 heterocycles. The van der Waals surface area contributed by atoms with Crippen molar-refractivity contribution in [3.8, 4) is 0 Å². The van der Waals surface area contributed by atoms with Crippen LogP contribution in [0.4, 0.5) is 11.6 Å². The third-order valence-corrected chi connectivity index (χ3v) is 3.07. The van der Waals surface area contributed by atoms with Crippen molar-refractivity contribution in [2.45, 2.75) is 26.3 Å². The van der Waals surface area contributed by atoms with Crippen LogP contribution in [0.1, 0.15) is 19.4 Å². The van der Waals surface area contributed by atoms with E-state index in [0.717, 1.165) is 23.6 Å². The number of nitrogens with zero attached hydrogens (tertiary/aromatic N) is 2. The maximum Gasteiger partial charge on any atom is 0.148 e. The van der Waals surface area contributed by atoms with Gasteiger partial charge in [-0.3, -0.25) is 0 Å². The van der Waals surface area contributed by atoms with Gasteiger partial charge in [0, 0.05) is 17.4 Å². The predicted octanol–water partition coefficient (Wildman–Crippen LogP) is 1.49. The molecule has 0 aliphatic heterocycles. The summed E-state index contributed by atoms with van der Waals surface area (Å²) in [5, 5.41) is 3.37. The van der Waals surface area contributed by atoms with E-state index in [1.165, 1.54) is 6.33 Å². The van der Waals surface area contributed by atoms with E-state index < -0.39 is 0 Å². The van der Waals surface area contributed by atoms with E-state index in [1.54, 1.807) is 11.8 Å². The second-order valence-corrected chi connectivity index (χ2v) is 4.46. The summed E-state index contributed by atoms with van der Waals surface area (Å²) in [6, 6.07) is 0.376. The number of rotatable bonds is 6. The monoisotopic (exact) mass is 241 g/mol. The molecule has 4 N–H and O–H groups in total. The van der Waals surface area contributed by atoms with E-state index in [0.29, 0.717) is 11.9 Å². The highest BCUT2D eigenvalue weighted by Crippen LogP contribution is 2.20. The highest BCUT2D eigenvalue weighted by Gasteiger charge is 2.10. The van der Waals surface area contributed by atoms with Gasteiger partial charge >= 0.3 is 0 Å². The Morgan fingerprint density at radius 1 is 1.44 bits per heavy atom. The van der Waals surface area contributed by atoms with E-state index in [-0.39, 0.29) is 0 Å². The number of nitrogens with two attached hydrogens (primary N) is 1. The summed E-state index contributed by atoms with van der Waals surface area (Å²) in [4.78, 5) is 8.34. The molecule has 5 nitrogen and oxygen atoms in total. The Bertz CT molecular complexity index is 331. The molecular weight excluding hydrogens is 222 g/mol. The highest BCUT2D eigenvalue weighted by molar-refractivity contribution is 7.98. The van der Waals surface area contributed by atoms with Crippen LogP contribution in [-0.2, 0) is 6.42 Å². The maximum atomic E-state index is 5.41. The zero-order valence-corrected chi connectivity index (χ0v) is 10.8. The van der Waals surface area contributed by atoms with Gasteiger partial charge in [0.25, 0.3) is 0 Å². The largest absolute Gasteiger partial charge is 0.366 e. The van der Waals surface area contributed by atoms with Crippen LogP contribution in [0.2, 0.25) is 0 Å². The number of anilines is 2. The Labute approximate surface area is 101 Å². The minimum atomic E-state index is 0.376. The second kappa shape index (κ2) is 6.55. The van der Waals surface area contributed by atoms with Crippen LogP contribution in [0.3, 0.4) is 0 Å². The first-order valence-electron chi connectivity index (χ1n) is 5.28. The Balaban J connectivity index is 2.86. The van der Waals surface area contributed by atoms with Crippen LogP contribution in [0.15, 0.2) is 6.33 Å². The lowest BCUT2D eigenvalue weighted by molar-refractivity contribution is 0.888. The van der Waals surface area contributed by atoms with Gasteiger partial charge in [-0.25, -0.2) is 15.8 Å². The molecule has 0 spiro atoms. The number of thioether (sulfide) groups is 1. The molecule has 0 amide bonds. The van der Waals surface area contributed by atoms with Gasteiger partial charge in [-0.05, 0) is 19.6 Å². The molecule has 16 heavy (non-hydrogen) atoms. The standard InChI is InChI=1S/C10H19N5S/c1-4-8-9(14-7(2)5-16-3)12-6-13-10(8)15-11/h6-7H,4-5,11H2,1-3H3,(H2,12,13,14,15). The van der Waals surface area contributed by atoms with Crippen molar-refractivity contribution in [1.82, 2.24) is 9.97 Å². The minimum Gasteiger partial charge on any atom is -0.366 e. The first-order valence-corrected chi connectivity index (χ1v) is 6.68.